The summed E-state index contributed by atoms with van der Waals surface area (Å²) in [7, 11) is 0. The molecule has 3 aromatic rings. The number of hydrogen-bond donors (Lipinski definition) is 2. The number of rotatable bonds is 4. The second-order valence-electron chi connectivity index (χ2n) is 5.48. The van der Waals surface area contributed by atoms with Gasteiger partial charge in [-0.1, -0.05) is 0 Å². The zero-order valence-electron chi connectivity index (χ0n) is 12.8. The molecule has 0 aliphatic carbocycles. The SMILES string of the molecule is Cc1cc2ncc(C(C)NCc3cn[nH]c3C)c(C)n2n1. The Morgan fingerprint density at radius 2 is 2.10 bits per heavy atom. The molecule has 0 fully saturated rings. The van der Waals surface area contributed by atoms with Crippen LogP contribution >= 0.6 is 0 Å². The molecule has 3 aromatic heterocycles. The minimum absolute atomic E-state index is 0.195. The highest BCUT2D eigenvalue weighted by molar-refractivity contribution is 5.42. The van der Waals surface area contributed by atoms with E-state index in [1.165, 1.54) is 5.56 Å². The maximum Gasteiger partial charge on any atom is 0.155 e. The highest BCUT2D eigenvalue weighted by Crippen LogP contribution is 2.18. The first-order chi connectivity index (χ1) is 10.1. The summed E-state index contributed by atoms with van der Waals surface area (Å²) in [5.74, 6) is 0. The predicted octanol–water partition coefficient (Wildman–Crippen LogP) is 2.23. The van der Waals surface area contributed by atoms with Gasteiger partial charge in [-0.25, -0.2) is 9.50 Å². The third-order valence-corrected chi connectivity index (χ3v) is 3.88. The van der Waals surface area contributed by atoms with Crippen LogP contribution in [0.25, 0.3) is 5.65 Å². The zero-order chi connectivity index (χ0) is 15.0. The molecule has 0 saturated heterocycles. The maximum absolute atomic E-state index is 4.49. The largest absolute Gasteiger partial charge is 0.306 e. The smallest absolute Gasteiger partial charge is 0.155 e. The van der Waals surface area contributed by atoms with Crippen molar-refractivity contribution in [1.29, 1.82) is 0 Å². The van der Waals surface area contributed by atoms with E-state index in [4.69, 9.17) is 0 Å². The van der Waals surface area contributed by atoms with Gasteiger partial charge in [0.25, 0.3) is 0 Å². The summed E-state index contributed by atoms with van der Waals surface area (Å²) in [6, 6.07) is 2.18. The van der Waals surface area contributed by atoms with E-state index < -0.39 is 0 Å². The lowest BCUT2D eigenvalue weighted by molar-refractivity contribution is 0.564. The molecule has 0 bridgehead atoms. The first-order valence-corrected chi connectivity index (χ1v) is 7.10. The van der Waals surface area contributed by atoms with E-state index in [1.54, 1.807) is 0 Å². The van der Waals surface area contributed by atoms with Crippen molar-refractivity contribution >= 4 is 5.65 Å². The fourth-order valence-corrected chi connectivity index (χ4v) is 2.53. The summed E-state index contributed by atoms with van der Waals surface area (Å²) in [6.45, 7) is 9.01. The molecule has 0 aliphatic rings. The van der Waals surface area contributed by atoms with Gasteiger partial charge in [-0.05, 0) is 27.7 Å². The van der Waals surface area contributed by atoms with Crippen LogP contribution in [-0.2, 0) is 6.54 Å². The average molecular weight is 284 g/mol. The van der Waals surface area contributed by atoms with Crippen molar-refractivity contribution in [1.82, 2.24) is 30.1 Å². The molecule has 0 aliphatic heterocycles. The molecule has 3 rings (SSSR count). The van der Waals surface area contributed by atoms with Gasteiger partial charge in [0.15, 0.2) is 5.65 Å². The first kappa shape index (κ1) is 13.8. The minimum atomic E-state index is 0.195. The van der Waals surface area contributed by atoms with Crippen molar-refractivity contribution in [3.8, 4) is 0 Å². The average Bonchev–Trinajstić information content (AvgIpc) is 3.02. The highest BCUT2D eigenvalue weighted by atomic mass is 15.3. The Morgan fingerprint density at radius 3 is 2.81 bits per heavy atom. The highest BCUT2D eigenvalue weighted by Gasteiger charge is 2.13. The van der Waals surface area contributed by atoms with Crippen LogP contribution in [-0.4, -0.2) is 24.8 Å². The van der Waals surface area contributed by atoms with Crippen LogP contribution in [0.2, 0.25) is 0 Å². The summed E-state index contributed by atoms with van der Waals surface area (Å²) in [4.78, 5) is 4.49. The van der Waals surface area contributed by atoms with E-state index in [9.17, 15) is 0 Å². The van der Waals surface area contributed by atoms with Gasteiger partial charge >= 0.3 is 0 Å². The molecule has 2 N–H and O–H groups in total. The molecule has 0 amide bonds. The predicted molar refractivity (Wildman–Crippen MR) is 81.0 cm³/mol. The number of H-pyrrole nitrogens is 1. The van der Waals surface area contributed by atoms with E-state index in [0.717, 1.165) is 34.8 Å². The molecule has 21 heavy (non-hydrogen) atoms. The van der Waals surface area contributed by atoms with Crippen LogP contribution in [0.3, 0.4) is 0 Å². The van der Waals surface area contributed by atoms with E-state index in [2.05, 4.69) is 39.4 Å². The van der Waals surface area contributed by atoms with Gasteiger partial charge in [0.1, 0.15) is 0 Å². The number of aromatic amines is 1. The lowest BCUT2D eigenvalue weighted by Gasteiger charge is -2.16. The number of aromatic nitrogens is 5. The lowest BCUT2D eigenvalue weighted by atomic mass is 10.1. The van der Waals surface area contributed by atoms with Crippen molar-refractivity contribution in [3.05, 3.63) is 46.7 Å². The monoisotopic (exact) mass is 284 g/mol. The molecule has 6 heteroatoms. The Labute approximate surface area is 123 Å². The summed E-state index contributed by atoms with van der Waals surface area (Å²) in [6.07, 6.45) is 3.80. The van der Waals surface area contributed by atoms with Crippen molar-refractivity contribution < 1.29 is 0 Å². The fraction of sp³-hybridized carbons (Fsp3) is 0.400. The van der Waals surface area contributed by atoms with Crippen LogP contribution < -0.4 is 5.32 Å². The molecule has 1 atom stereocenters. The lowest BCUT2D eigenvalue weighted by Crippen LogP contribution is -2.20. The Hall–Kier alpha value is -2.21. The molecule has 3 heterocycles. The third-order valence-electron chi connectivity index (χ3n) is 3.88. The molecular formula is C15H20N6. The summed E-state index contributed by atoms with van der Waals surface area (Å²) in [5, 5.41) is 15.0. The Kier molecular flexibility index (Phi) is 3.47. The van der Waals surface area contributed by atoms with Crippen molar-refractivity contribution in [2.45, 2.75) is 40.3 Å². The fourth-order valence-electron chi connectivity index (χ4n) is 2.53. The Morgan fingerprint density at radius 1 is 1.29 bits per heavy atom. The summed E-state index contributed by atoms with van der Waals surface area (Å²) in [5.41, 5.74) is 6.44. The van der Waals surface area contributed by atoms with Crippen molar-refractivity contribution in [3.63, 3.8) is 0 Å². The van der Waals surface area contributed by atoms with E-state index in [1.807, 2.05) is 36.8 Å². The van der Waals surface area contributed by atoms with Gasteiger partial charge in [0.05, 0.1) is 11.9 Å². The number of hydrogen-bond acceptors (Lipinski definition) is 4. The van der Waals surface area contributed by atoms with Crippen molar-refractivity contribution in [2.24, 2.45) is 0 Å². The molecule has 0 spiro atoms. The van der Waals surface area contributed by atoms with Gasteiger partial charge in [-0.15, -0.1) is 0 Å². The summed E-state index contributed by atoms with van der Waals surface area (Å²) < 4.78 is 1.91. The van der Waals surface area contributed by atoms with Gasteiger partial charge in [-0.3, -0.25) is 5.10 Å². The quantitative estimate of drug-likeness (QED) is 0.770. The van der Waals surface area contributed by atoms with Crippen LogP contribution in [0.1, 0.15) is 41.2 Å². The van der Waals surface area contributed by atoms with Crippen LogP contribution in [0.4, 0.5) is 0 Å². The minimum Gasteiger partial charge on any atom is -0.306 e. The van der Waals surface area contributed by atoms with Crippen LogP contribution in [0.15, 0.2) is 18.5 Å². The second kappa shape index (κ2) is 5.29. The summed E-state index contributed by atoms with van der Waals surface area (Å²) >= 11 is 0. The van der Waals surface area contributed by atoms with Gasteiger partial charge in [0, 0.05) is 47.4 Å². The molecule has 0 radical (unpaired) electrons. The van der Waals surface area contributed by atoms with Gasteiger partial charge in [-0.2, -0.15) is 10.2 Å². The van der Waals surface area contributed by atoms with Gasteiger partial charge < -0.3 is 5.32 Å². The van der Waals surface area contributed by atoms with Crippen molar-refractivity contribution in [2.75, 3.05) is 0 Å². The van der Waals surface area contributed by atoms with E-state index in [0.29, 0.717) is 0 Å². The van der Waals surface area contributed by atoms with Gasteiger partial charge in [0.2, 0.25) is 0 Å². The Bertz CT molecular complexity index is 770. The molecule has 6 nitrogen and oxygen atoms in total. The zero-order valence-corrected chi connectivity index (χ0v) is 12.8. The Balaban J connectivity index is 1.82. The topological polar surface area (TPSA) is 70.9 Å². The maximum atomic E-state index is 4.49. The molecule has 0 saturated carbocycles. The number of nitrogens with one attached hydrogen (secondary N) is 2. The molecular weight excluding hydrogens is 264 g/mol. The normalized spacial score (nSPS) is 13.0. The molecule has 0 aromatic carbocycles. The third kappa shape index (κ3) is 2.54. The van der Waals surface area contributed by atoms with E-state index in [-0.39, 0.29) is 6.04 Å². The standard InChI is InChI=1S/C15H20N6/c1-9-5-15-17-8-14(12(4)21(15)20-9)11(3)16-6-13-7-18-19-10(13)2/h5,7-8,11,16H,6H2,1-4H3,(H,18,19). The second-order valence-corrected chi connectivity index (χ2v) is 5.48. The first-order valence-electron chi connectivity index (χ1n) is 7.10. The van der Waals surface area contributed by atoms with Crippen LogP contribution in [0, 0.1) is 20.8 Å². The van der Waals surface area contributed by atoms with Crippen LogP contribution in [0.5, 0.6) is 0 Å². The van der Waals surface area contributed by atoms with E-state index >= 15 is 0 Å². The molecule has 1 unspecified atom stereocenters. The number of aryl methyl sites for hydroxylation is 3. The number of nitrogens with zero attached hydrogens (tertiary/aromatic N) is 4. The molecule has 110 valence electrons. The number of fused-ring (bicyclic) bond motifs is 1.